The average molecular weight is 239 g/mol. The zero-order chi connectivity index (χ0) is 12.3. The van der Waals surface area contributed by atoms with E-state index in [2.05, 4.69) is 22.5 Å². The van der Waals surface area contributed by atoms with Crippen molar-refractivity contribution in [2.45, 2.75) is 45.2 Å². The Kier molecular flexibility index (Phi) is 4.40. The number of nitrogens with zero attached hydrogens (tertiary/aromatic N) is 1. The summed E-state index contributed by atoms with van der Waals surface area (Å²) in [6, 6.07) is 1.15. The summed E-state index contributed by atoms with van der Waals surface area (Å²) in [6.45, 7) is 8.54. The van der Waals surface area contributed by atoms with Crippen LogP contribution < -0.4 is 10.6 Å². The van der Waals surface area contributed by atoms with E-state index in [0.29, 0.717) is 6.04 Å². The van der Waals surface area contributed by atoms with Crippen molar-refractivity contribution in [3.63, 3.8) is 0 Å². The zero-order valence-electron chi connectivity index (χ0n) is 11.0. The molecule has 2 aliphatic rings. The van der Waals surface area contributed by atoms with Gasteiger partial charge in [-0.1, -0.05) is 6.92 Å². The molecule has 2 heterocycles. The molecule has 4 nitrogen and oxygen atoms in total. The van der Waals surface area contributed by atoms with Gasteiger partial charge in [0.2, 0.25) is 5.91 Å². The minimum atomic E-state index is 0.110. The number of carbonyl (C=O) groups excluding carboxylic acids is 1. The van der Waals surface area contributed by atoms with Crippen LogP contribution in [0, 0.1) is 5.92 Å². The summed E-state index contributed by atoms with van der Waals surface area (Å²) in [6.07, 6.45) is 3.48. The molecule has 2 unspecified atom stereocenters. The van der Waals surface area contributed by atoms with Crippen LogP contribution in [0.25, 0.3) is 0 Å². The summed E-state index contributed by atoms with van der Waals surface area (Å²) in [5, 5.41) is 6.49. The summed E-state index contributed by atoms with van der Waals surface area (Å²) in [5.74, 6) is 0.861. The van der Waals surface area contributed by atoms with E-state index < -0.39 is 0 Å². The lowest BCUT2D eigenvalue weighted by Crippen LogP contribution is -2.53. The molecule has 0 aromatic carbocycles. The highest BCUT2D eigenvalue weighted by atomic mass is 16.1. The molecule has 0 aliphatic carbocycles. The van der Waals surface area contributed by atoms with E-state index in [1.165, 1.54) is 6.42 Å². The Morgan fingerprint density at radius 3 is 2.59 bits per heavy atom. The first kappa shape index (κ1) is 12.8. The Bertz CT molecular complexity index is 261. The van der Waals surface area contributed by atoms with Crippen LogP contribution in [-0.2, 0) is 4.79 Å². The SMILES string of the molecule is CC(=O)NC1CCN(C2CCNCC2C)CC1. The molecule has 0 saturated carbocycles. The molecule has 2 rings (SSSR count). The molecule has 4 heteroatoms. The topological polar surface area (TPSA) is 44.4 Å². The molecule has 0 radical (unpaired) electrons. The maximum atomic E-state index is 11.0. The lowest BCUT2D eigenvalue weighted by Gasteiger charge is -2.42. The molecule has 0 spiro atoms. The van der Waals surface area contributed by atoms with Crippen molar-refractivity contribution in [1.29, 1.82) is 0 Å². The zero-order valence-corrected chi connectivity index (χ0v) is 11.0. The van der Waals surface area contributed by atoms with Gasteiger partial charge in [-0.2, -0.15) is 0 Å². The number of rotatable bonds is 2. The molecule has 2 saturated heterocycles. The number of carbonyl (C=O) groups is 1. The van der Waals surface area contributed by atoms with Crippen LogP contribution in [0.5, 0.6) is 0 Å². The smallest absolute Gasteiger partial charge is 0.217 e. The summed E-state index contributed by atoms with van der Waals surface area (Å²) < 4.78 is 0. The number of amides is 1. The first-order valence-electron chi connectivity index (χ1n) is 6.88. The average Bonchev–Trinajstić information content (AvgIpc) is 2.30. The molecule has 2 N–H and O–H groups in total. The molecule has 0 aromatic rings. The summed E-state index contributed by atoms with van der Waals surface area (Å²) in [7, 11) is 0. The van der Waals surface area contributed by atoms with E-state index >= 15 is 0 Å². The molecule has 0 aromatic heterocycles. The van der Waals surface area contributed by atoms with Crippen molar-refractivity contribution in [2.75, 3.05) is 26.2 Å². The second kappa shape index (κ2) is 5.83. The molecule has 2 aliphatic heterocycles. The van der Waals surface area contributed by atoms with Crippen LogP contribution >= 0.6 is 0 Å². The minimum Gasteiger partial charge on any atom is -0.354 e. The van der Waals surface area contributed by atoms with E-state index in [1.54, 1.807) is 6.92 Å². The van der Waals surface area contributed by atoms with Gasteiger partial charge in [0, 0.05) is 32.1 Å². The molecule has 98 valence electrons. The number of likely N-dealkylation sites (tertiary alicyclic amines) is 1. The molecule has 0 bridgehead atoms. The number of nitrogens with one attached hydrogen (secondary N) is 2. The Morgan fingerprint density at radius 1 is 1.29 bits per heavy atom. The van der Waals surface area contributed by atoms with E-state index in [1.807, 2.05) is 0 Å². The van der Waals surface area contributed by atoms with Crippen LogP contribution in [0.4, 0.5) is 0 Å². The van der Waals surface area contributed by atoms with Crippen molar-refractivity contribution in [3.05, 3.63) is 0 Å². The first-order valence-corrected chi connectivity index (χ1v) is 6.88. The van der Waals surface area contributed by atoms with Crippen molar-refractivity contribution in [1.82, 2.24) is 15.5 Å². The van der Waals surface area contributed by atoms with Crippen LogP contribution in [0.2, 0.25) is 0 Å². The Labute approximate surface area is 104 Å². The van der Waals surface area contributed by atoms with Crippen molar-refractivity contribution < 1.29 is 4.79 Å². The van der Waals surface area contributed by atoms with Gasteiger partial charge in [0.25, 0.3) is 0 Å². The summed E-state index contributed by atoms with van der Waals surface area (Å²) in [5.41, 5.74) is 0. The third kappa shape index (κ3) is 3.42. The van der Waals surface area contributed by atoms with E-state index in [4.69, 9.17) is 0 Å². The maximum absolute atomic E-state index is 11.0. The fraction of sp³-hybridized carbons (Fsp3) is 0.923. The maximum Gasteiger partial charge on any atom is 0.217 e. The molecular formula is C13H25N3O. The third-order valence-corrected chi connectivity index (χ3v) is 4.15. The van der Waals surface area contributed by atoms with Gasteiger partial charge in [-0.05, 0) is 38.3 Å². The van der Waals surface area contributed by atoms with E-state index in [-0.39, 0.29) is 5.91 Å². The highest BCUT2D eigenvalue weighted by Gasteiger charge is 2.30. The number of hydrogen-bond acceptors (Lipinski definition) is 3. The van der Waals surface area contributed by atoms with Gasteiger partial charge in [-0.15, -0.1) is 0 Å². The summed E-state index contributed by atoms with van der Waals surface area (Å²) in [4.78, 5) is 13.6. The first-order chi connectivity index (χ1) is 8.16. The van der Waals surface area contributed by atoms with Crippen LogP contribution in [-0.4, -0.2) is 49.1 Å². The molecular weight excluding hydrogens is 214 g/mol. The lowest BCUT2D eigenvalue weighted by atomic mass is 9.91. The number of piperidine rings is 2. The second-order valence-electron chi connectivity index (χ2n) is 5.55. The van der Waals surface area contributed by atoms with Gasteiger partial charge in [-0.3, -0.25) is 9.69 Å². The second-order valence-corrected chi connectivity index (χ2v) is 5.55. The van der Waals surface area contributed by atoms with Crippen molar-refractivity contribution in [2.24, 2.45) is 5.92 Å². The Hall–Kier alpha value is -0.610. The minimum absolute atomic E-state index is 0.110. The van der Waals surface area contributed by atoms with Crippen LogP contribution in [0.3, 0.4) is 0 Å². The summed E-state index contributed by atoms with van der Waals surface area (Å²) >= 11 is 0. The van der Waals surface area contributed by atoms with E-state index in [0.717, 1.165) is 51.0 Å². The predicted octanol–water partition coefficient (Wildman–Crippen LogP) is 0.585. The number of hydrogen-bond donors (Lipinski definition) is 2. The Balaban J connectivity index is 1.79. The van der Waals surface area contributed by atoms with Gasteiger partial charge in [-0.25, -0.2) is 0 Å². The van der Waals surface area contributed by atoms with Crippen molar-refractivity contribution in [3.8, 4) is 0 Å². The fourth-order valence-electron chi connectivity index (χ4n) is 3.21. The van der Waals surface area contributed by atoms with Gasteiger partial charge >= 0.3 is 0 Å². The molecule has 2 atom stereocenters. The van der Waals surface area contributed by atoms with Gasteiger partial charge < -0.3 is 10.6 Å². The fourth-order valence-corrected chi connectivity index (χ4v) is 3.21. The highest BCUT2D eigenvalue weighted by molar-refractivity contribution is 5.73. The Morgan fingerprint density at radius 2 is 2.00 bits per heavy atom. The molecule has 1 amide bonds. The highest BCUT2D eigenvalue weighted by Crippen LogP contribution is 2.22. The molecule has 2 fully saturated rings. The van der Waals surface area contributed by atoms with Crippen LogP contribution in [0.1, 0.15) is 33.1 Å². The third-order valence-electron chi connectivity index (χ3n) is 4.15. The monoisotopic (exact) mass is 239 g/mol. The normalized spacial score (nSPS) is 32.4. The predicted molar refractivity (Wildman–Crippen MR) is 68.9 cm³/mol. The van der Waals surface area contributed by atoms with E-state index in [9.17, 15) is 4.79 Å². The quantitative estimate of drug-likeness (QED) is 0.741. The van der Waals surface area contributed by atoms with Gasteiger partial charge in [0.15, 0.2) is 0 Å². The lowest BCUT2D eigenvalue weighted by molar-refractivity contribution is -0.120. The van der Waals surface area contributed by atoms with Crippen molar-refractivity contribution >= 4 is 5.91 Å². The standard InChI is InChI=1S/C13H25N3O/c1-10-9-14-6-3-13(10)16-7-4-12(5-8-16)15-11(2)17/h10,12-14H,3-9H2,1-2H3,(H,15,17). The van der Waals surface area contributed by atoms with Gasteiger partial charge in [0.05, 0.1) is 0 Å². The molecule has 17 heavy (non-hydrogen) atoms. The largest absolute Gasteiger partial charge is 0.354 e. The van der Waals surface area contributed by atoms with Crippen LogP contribution in [0.15, 0.2) is 0 Å². The van der Waals surface area contributed by atoms with Gasteiger partial charge in [0.1, 0.15) is 0 Å².